The van der Waals surface area contributed by atoms with Crippen LogP contribution in [0.2, 0.25) is 0 Å². The summed E-state index contributed by atoms with van der Waals surface area (Å²) in [5.74, 6) is 1.09. The molecule has 0 saturated carbocycles. The Morgan fingerprint density at radius 2 is 1.75 bits per heavy atom. The summed E-state index contributed by atoms with van der Waals surface area (Å²) < 4.78 is 1.94. The second-order valence-electron chi connectivity index (χ2n) is 7.08. The van der Waals surface area contributed by atoms with E-state index in [4.69, 9.17) is 0 Å². The summed E-state index contributed by atoms with van der Waals surface area (Å²) in [6.45, 7) is 13.2. The van der Waals surface area contributed by atoms with Crippen molar-refractivity contribution in [3.8, 4) is 11.1 Å². The fraction of sp³-hybridized carbons (Fsp3) is 0.500. The molecule has 3 aromatic heterocycles. The second kappa shape index (κ2) is 8.62. The molecule has 1 saturated heterocycles. The Labute approximate surface area is 165 Å². The van der Waals surface area contributed by atoms with Crippen molar-refractivity contribution in [1.82, 2.24) is 34.4 Å². The number of nitrogens with zero attached hydrogens (tertiary/aromatic N) is 8. The molecule has 28 heavy (non-hydrogen) atoms. The molecule has 148 valence electrons. The number of piperazine rings is 1. The zero-order valence-electron chi connectivity index (χ0n) is 16.7. The monoisotopic (exact) mass is 380 g/mol. The van der Waals surface area contributed by atoms with Crippen molar-refractivity contribution in [2.45, 2.75) is 13.8 Å². The molecule has 4 heterocycles. The van der Waals surface area contributed by atoms with Gasteiger partial charge in [-0.2, -0.15) is 9.61 Å². The van der Waals surface area contributed by atoms with Gasteiger partial charge in [0.15, 0.2) is 5.65 Å². The average Bonchev–Trinajstić information content (AvgIpc) is 3.20. The van der Waals surface area contributed by atoms with Crippen LogP contribution in [0.5, 0.6) is 0 Å². The maximum atomic E-state index is 4.61. The van der Waals surface area contributed by atoms with Crippen LogP contribution in [0.1, 0.15) is 13.8 Å². The first kappa shape index (κ1) is 18.8. The molecule has 1 fully saturated rings. The topological polar surface area (TPSA) is 65.7 Å². The first-order valence-corrected chi connectivity index (χ1v) is 10.1. The van der Waals surface area contributed by atoms with Crippen molar-refractivity contribution in [2.75, 3.05) is 57.3 Å². The predicted octanol–water partition coefficient (Wildman–Crippen LogP) is 1.65. The van der Waals surface area contributed by atoms with E-state index in [-0.39, 0.29) is 0 Å². The third-order valence-corrected chi connectivity index (χ3v) is 5.58. The van der Waals surface area contributed by atoms with E-state index < -0.39 is 0 Å². The van der Waals surface area contributed by atoms with Gasteiger partial charge in [-0.3, -0.25) is 4.90 Å². The van der Waals surface area contributed by atoms with Crippen LogP contribution in [-0.2, 0) is 0 Å². The van der Waals surface area contributed by atoms with Gasteiger partial charge in [-0.05, 0) is 19.2 Å². The SMILES string of the molecule is CCN(CC)CCN1CCN(c2ccnc3c(-c4cncnc4)cnn23)CC1. The lowest BCUT2D eigenvalue weighted by atomic mass is 10.2. The molecule has 0 aliphatic carbocycles. The summed E-state index contributed by atoms with van der Waals surface area (Å²) >= 11 is 0. The maximum Gasteiger partial charge on any atom is 0.165 e. The van der Waals surface area contributed by atoms with E-state index in [2.05, 4.69) is 54.7 Å². The molecule has 0 bridgehead atoms. The predicted molar refractivity (Wildman–Crippen MR) is 110 cm³/mol. The second-order valence-corrected chi connectivity index (χ2v) is 7.08. The van der Waals surface area contributed by atoms with E-state index in [1.165, 1.54) is 6.33 Å². The van der Waals surface area contributed by atoms with E-state index in [1.54, 1.807) is 12.4 Å². The van der Waals surface area contributed by atoms with Crippen molar-refractivity contribution in [2.24, 2.45) is 0 Å². The van der Waals surface area contributed by atoms with Crippen molar-refractivity contribution in [3.63, 3.8) is 0 Å². The molecule has 0 unspecified atom stereocenters. The normalized spacial score (nSPS) is 15.6. The minimum atomic E-state index is 0.844. The first-order valence-electron chi connectivity index (χ1n) is 10.1. The van der Waals surface area contributed by atoms with Crippen molar-refractivity contribution in [3.05, 3.63) is 37.2 Å². The van der Waals surface area contributed by atoms with Crippen LogP contribution in [0, 0.1) is 0 Å². The van der Waals surface area contributed by atoms with Crippen LogP contribution in [0.25, 0.3) is 16.8 Å². The molecule has 8 heteroatoms. The Hall–Kier alpha value is -2.58. The van der Waals surface area contributed by atoms with Crippen molar-refractivity contribution in [1.29, 1.82) is 0 Å². The fourth-order valence-electron chi connectivity index (χ4n) is 3.78. The van der Waals surface area contributed by atoms with Crippen LogP contribution >= 0.6 is 0 Å². The number of anilines is 1. The summed E-state index contributed by atoms with van der Waals surface area (Å²) in [5.41, 5.74) is 2.74. The minimum absolute atomic E-state index is 0.844. The number of rotatable bonds is 7. The zero-order valence-corrected chi connectivity index (χ0v) is 16.7. The van der Waals surface area contributed by atoms with Crippen LogP contribution in [0.3, 0.4) is 0 Å². The van der Waals surface area contributed by atoms with Gasteiger partial charge >= 0.3 is 0 Å². The Kier molecular flexibility index (Phi) is 5.78. The molecule has 0 spiro atoms. The van der Waals surface area contributed by atoms with Crippen LogP contribution in [0.15, 0.2) is 37.2 Å². The Bertz CT molecular complexity index is 882. The number of hydrogen-bond donors (Lipinski definition) is 0. The number of aromatic nitrogens is 5. The van der Waals surface area contributed by atoms with Gasteiger partial charge in [0.05, 0.1) is 6.20 Å². The quantitative estimate of drug-likeness (QED) is 0.617. The Balaban J connectivity index is 1.47. The van der Waals surface area contributed by atoms with Gasteiger partial charge in [0, 0.05) is 69.0 Å². The van der Waals surface area contributed by atoms with Crippen LogP contribution in [-0.4, -0.2) is 86.7 Å². The van der Waals surface area contributed by atoms with Gasteiger partial charge in [0.1, 0.15) is 12.1 Å². The van der Waals surface area contributed by atoms with E-state index in [9.17, 15) is 0 Å². The van der Waals surface area contributed by atoms with Gasteiger partial charge < -0.3 is 9.80 Å². The van der Waals surface area contributed by atoms with E-state index in [0.29, 0.717) is 0 Å². The summed E-state index contributed by atoms with van der Waals surface area (Å²) in [5, 5.41) is 4.61. The molecule has 1 aliphatic heterocycles. The maximum absolute atomic E-state index is 4.61. The fourth-order valence-corrected chi connectivity index (χ4v) is 3.78. The standard InChI is InChI=1S/C20H28N8/c1-3-25(4-2)7-8-26-9-11-27(12-10-26)19-5-6-23-20-18(15-24-28(19)20)17-13-21-16-22-14-17/h5-6,13-16H,3-4,7-12H2,1-2H3. The van der Waals surface area contributed by atoms with Crippen LogP contribution < -0.4 is 4.90 Å². The lowest BCUT2D eigenvalue weighted by Crippen LogP contribution is -2.49. The van der Waals surface area contributed by atoms with E-state index >= 15 is 0 Å². The largest absolute Gasteiger partial charge is 0.354 e. The van der Waals surface area contributed by atoms with Gasteiger partial charge in [-0.25, -0.2) is 15.0 Å². The highest BCUT2D eigenvalue weighted by Crippen LogP contribution is 2.25. The molecular formula is C20H28N8. The molecule has 4 rings (SSSR count). The van der Waals surface area contributed by atoms with Crippen LogP contribution in [0.4, 0.5) is 5.82 Å². The number of hydrogen-bond acceptors (Lipinski definition) is 7. The summed E-state index contributed by atoms with van der Waals surface area (Å²) in [7, 11) is 0. The van der Waals surface area contributed by atoms with Gasteiger partial charge in [0.25, 0.3) is 0 Å². The molecule has 0 aromatic carbocycles. The minimum Gasteiger partial charge on any atom is -0.354 e. The Morgan fingerprint density at radius 3 is 2.46 bits per heavy atom. The van der Waals surface area contributed by atoms with Gasteiger partial charge in [-0.1, -0.05) is 13.8 Å². The van der Waals surface area contributed by atoms with Crippen molar-refractivity contribution >= 4 is 11.5 Å². The lowest BCUT2D eigenvalue weighted by Gasteiger charge is -2.36. The lowest BCUT2D eigenvalue weighted by molar-refractivity contribution is 0.205. The molecule has 1 aliphatic rings. The molecule has 8 nitrogen and oxygen atoms in total. The van der Waals surface area contributed by atoms with Crippen molar-refractivity contribution < 1.29 is 0 Å². The van der Waals surface area contributed by atoms with Gasteiger partial charge in [0.2, 0.25) is 0 Å². The van der Waals surface area contributed by atoms with E-state index in [1.807, 2.05) is 16.9 Å². The highest BCUT2D eigenvalue weighted by Gasteiger charge is 2.20. The zero-order chi connectivity index (χ0) is 19.3. The molecule has 0 atom stereocenters. The summed E-state index contributed by atoms with van der Waals surface area (Å²) in [4.78, 5) is 20.2. The number of likely N-dealkylation sites (N-methyl/N-ethyl adjacent to an activating group) is 1. The first-order chi connectivity index (χ1) is 13.8. The molecule has 0 N–H and O–H groups in total. The van der Waals surface area contributed by atoms with E-state index in [0.717, 1.165) is 74.9 Å². The highest BCUT2D eigenvalue weighted by molar-refractivity contribution is 5.77. The van der Waals surface area contributed by atoms with Gasteiger partial charge in [-0.15, -0.1) is 0 Å². The summed E-state index contributed by atoms with van der Waals surface area (Å²) in [6, 6.07) is 2.05. The summed E-state index contributed by atoms with van der Waals surface area (Å²) in [6.07, 6.45) is 8.85. The highest BCUT2D eigenvalue weighted by atomic mass is 15.4. The smallest absolute Gasteiger partial charge is 0.165 e. The molecular weight excluding hydrogens is 352 g/mol. The molecule has 0 radical (unpaired) electrons. The third-order valence-electron chi connectivity index (χ3n) is 5.58. The molecule has 0 amide bonds. The number of fused-ring (bicyclic) bond motifs is 1. The third kappa shape index (κ3) is 3.83. The molecule has 3 aromatic rings. The Morgan fingerprint density at radius 1 is 1.00 bits per heavy atom. The average molecular weight is 381 g/mol.